The van der Waals surface area contributed by atoms with Gasteiger partial charge in [0.2, 0.25) is 0 Å². The van der Waals surface area contributed by atoms with Crippen molar-refractivity contribution in [2.24, 2.45) is 0 Å². The number of benzene rings is 1. The first-order valence-electron chi connectivity index (χ1n) is 4.50. The normalized spacial score (nSPS) is 10.8. The Bertz CT molecular complexity index is 264. The predicted molar refractivity (Wildman–Crippen MR) is 61.9 cm³/mol. The maximum atomic E-state index is 9.06. The van der Waals surface area contributed by atoms with Gasteiger partial charge < -0.3 is 10.4 Å². The lowest BCUT2D eigenvalue weighted by atomic mass is 10.1. The quantitative estimate of drug-likeness (QED) is 0.795. The van der Waals surface area contributed by atoms with Crippen LogP contribution in [0.15, 0.2) is 24.3 Å². The highest BCUT2D eigenvalue weighted by Crippen LogP contribution is 2.10. The van der Waals surface area contributed by atoms with Crippen LogP contribution in [0.1, 0.15) is 26.3 Å². The molecule has 0 aliphatic heterocycles. The second kappa shape index (κ2) is 5.23. The van der Waals surface area contributed by atoms with Crippen molar-refractivity contribution in [2.45, 2.75) is 32.9 Å². The monoisotopic (exact) mass is 215 g/mol. The van der Waals surface area contributed by atoms with Crippen molar-refractivity contribution >= 4 is 12.4 Å². The van der Waals surface area contributed by atoms with Gasteiger partial charge in [0.05, 0.1) is 0 Å². The Morgan fingerprint density at radius 1 is 1.14 bits per heavy atom. The van der Waals surface area contributed by atoms with Gasteiger partial charge in [-0.25, -0.2) is 0 Å². The third kappa shape index (κ3) is 5.10. The average Bonchev–Trinajstić information content (AvgIpc) is 2.02. The van der Waals surface area contributed by atoms with Crippen LogP contribution >= 0.6 is 12.4 Å². The van der Waals surface area contributed by atoms with E-state index >= 15 is 0 Å². The lowest BCUT2D eigenvalue weighted by molar-refractivity contribution is 0.424. The summed E-state index contributed by atoms with van der Waals surface area (Å²) in [4.78, 5) is 0. The van der Waals surface area contributed by atoms with Crippen LogP contribution in [0.2, 0.25) is 0 Å². The molecule has 3 heteroatoms. The van der Waals surface area contributed by atoms with Gasteiger partial charge in [-0.3, -0.25) is 0 Å². The smallest absolute Gasteiger partial charge is 0.115 e. The molecular formula is C11H18ClNO. The molecule has 0 amide bonds. The summed E-state index contributed by atoms with van der Waals surface area (Å²) in [6.45, 7) is 7.23. The molecule has 1 rings (SSSR count). The molecule has 0 saturated carbocycles. The molecule has 80 valence electrons. The maximum Gasteiger partial charge on any atom is 0.115 e. The van der Waals surface area contributed by atoms with E-state index in [-0.39, 0.29) is 17.9 Å². The molecule has 0 heterocycles. The van der Waals surface area contributed by atoms with Crippen LogP contribution in [-0.2, 0) is 6.54 Å². The summed E-state index contributed by atoms with van der Waals surface area (Å²) >= 11 is 0. The van der Waals surface area contributed by atoms with Gasteiger partial charge in [0, 0.05) is 12.1 Å². The molecular weight excluding hydrogens is 198 g/mol. The Labute approximate surface area is 91.8 Å². The van der Waals surface area contributed by atoms with Crippen molar-refractivity contribution in [1.82, 2.24) is 5.32 Å². The minimum Gasteiger partial charge on any atom is -0.508 e. The fraction of sp³-hybridized carbons (Fsp3) is 0.455. The number of halogens is 1. The number of phenols is 1. The first-order chi connectivity index (χ1) is 5.97. The molecule has 0 aromatic heterocycles. The molecule has 1 aromatic carbocycles. The summed E-state index contributed by atoms with van der Waals surface area (Å²) in [5, 5.41) is 12.4. The highest BCUT2D eigenvalue weighted by atomic mass is 35.5. The van der Waals surface area contributed by atoms with Crippen molar-refractivity contribution in [1.29, 1.82) is 0 Å². The second-order valence-corrected chi connectivity index (χ2v) is 4.27. The van der Waals surface area contributed by atoms with Crippen molar-refractivity contribution in [3.8, 4) is 5.75 Å². The van der Waals surface area contributed by atoms with Gasteiger partial charge in [-0.1, -0.05) is 12.1 Å². The van der Waals surface area contributed by atoms with E-state index in [1.54, 1.807) is 12.1 Å². The minimum absolute atomic E-state index is 0. The fourth-order valence-corrected chi connectivity index (χ4v) is 0.981. The van der Waals surface area contributed by atoms with Crippen molar-refractivity contribution in [3.63, 3.8) is 0 Å². The number of nitrogens with one attached hydrogen (secondary N) is 1. The first kappa shape index (κ1) is 13.3. The van der Waals surface area contributed by atoms with E-state index in [4.69, 9.17) is 5.11 Å². The standard InChI is InChI=1S/C11H17NO.ClH/c1-11(2,3)12-8-9-4-6-10(13)7-5-9;/h4-7,12-13H,8H2,1-3H3;1H. The van der Waals surface area contributed by atoms with Crippen molar-refractivity contribution in [2.75, 3.05) is 0 Å². The Balaban J connectivity index is 0.00000169. The lowest BCUT2D eigenvalue weighted by Gasteiger charge is -2.20. The van der Waals surface area contributed by atoms with Crippen LogP contribution in [0.4, 0.5) is 0 Å². The van der Waals surface area contributed by atoms with E-state index in [2.05, 4.69) is 26.1 Å². The first-order valence-corrected chi connectivity index (χ1v) is 4.50. The Morgan fingerprint density at radius 3 is 2.07 bits per heavy atom. The summed E-state index contributed by atoms with van der Waals surface area (Å²) in [6.07, 6.45) is 0. The molecule has 0 spiro atoms. The van der Waals surface area contributed by atoms with Crippen LogP contribution in [0.5, 0.6) is 5.75 Å². The lowest BCUT2D eigenvalue weighted by Crippen LogP contribution is -2.34. The van der Waals surface area contributed by atoms with E-state index in [1.807, 2.05) is 12.1 Å². The SMILES string of the molecule is CC(C)(C)NCc1ccc(O)cc1.Cl. The third-order valence-electron chi connectivity index (χ3n) is 1.76. The van der Waals surface area contributed by atoms with E-state index < -0.39 is 0 Å². The highest BCUT2D eigenvalue weighted by molar-refractivity contribution is 5.85. The predicted octanol–water partition coefficient (Wildman–Crippen LogP) is 2.70. The molecule has 0 aliphatic rings. The molecule has 0 bridgehead atoms. The Morgan fingerprint density at radius 2 is 1.64 bits per heavy atom. The van der Waals surface area contributed by atoms with Gasteiger partial charge in [0.15, 0.2) is 0 Å². The fourth-order valence-electron chi connectivity index (χ4n) is 0.981. The number of rotatable bonds is 2. The third-order valence-corrected chi connectivity index (χ3v) is 1.76. The van der Waals surface area contributed by atoms with Crippen LogP contribution in [0, 0.1) is 0 Å². The van der Waals surface area contributed by atoms with Gasteiger partial charge in [0.1, 0.15) is 5.75 Å². The van der Waals surface area contributed by atoms with Crippen LogP contribution < -0.4 is 5.32 Å². The topological polar surface area (TPSA) is 32.3 Å². The largest absolute Gasteiger partial charge is 0.508 e. The van der Waals surface area contributed by atoms with E-state index in [9.17, 15) is 0 Å². The maximum absolute atomic E-state index is 9.06. The Kier molecular flexibility index (Phi) is 4.95. The molecule has 0 aliphatic carbocycles. The van der Waals surface area contributed by atoms with Gasteiger partial charge in [-0.2, -0.15) is 0 Å². The van der Waals surface area contributed by atoms with Crippen molar-refractivity contribution < 1.29 is 5.11 Å². The van der Waals surface area contributed by atoms with E-state index in [1.165, 1.54) is 5.56 Å². The minimum atomic E-state index is 0. The molecule has 2 nitrogen and oxygen atoms in total. The second-order valence-electron chi connectivity index (χ2n) is 4.27. The van der Waals surface area contributed by atoms with Gasteiger partial charge in [0.25, 0.3) is 0 Å². The molecule has 0 radical (unpaired) electrons. The van der Waals surface area contributed by atoms with Gasteiger partial charge >= 0.3 is 0 Å². The van der Waals surface area contributed by atoms with Gasteiger partial charge in [-0.05, 0) is 38.5 Å². The molecule has 0 unspecified atom stereocenters. The van der Waals surface area contributed by atoms with Crippen LogP contribution in [0.25, 0.3) is 0 Å². The summed E-state index contributed by atoms with van der Waals surface area (Å²) in [6, 6.07) is 7.27. The van der Waals surface area contributed by atoms with Crippen LogP contribution in [-0.4, -0.2) is 10.6 Å². The van der Waals surface area contributed by atoms with Crippen LogP contribution in [0.3, 0.4) is 0 Å². The summed E-state index contributed by atoms with van der Waals surface area (Å²) < 4.78 is 0. The number of phenolic OH excluding ortho intramolecular Hbond substituents is 1. The molecule has 14 heavy (non-hydrogen) atoms. The van der Waals surface area contributed by atoms with Gasteiger partial charge in [-0.15, -0.1) is 12.4 Å². The summed E-state index contributed by atoms with van der Waals surface area (Å²) in [5.41, 5.74) is 1.32. The molecule has 2 N–H and O–H groups in total. The molecule has 0 fully saturated rings. The molecule has 0 atom stereocenters. The molecule has 0 saturated heterocycles. The number of hydrogen-bond donors (Lipinski definition) is 2. The van der Waals surface area contributed by atoms with E-state index in [0.29, 0.717) is 5.75 Å². The highest BCUT2D eigenvalue weighted by Gasteiger charge is 2.07. The summed E-state index contributed by atoms with van der Waals surface area (Å²) in [5.74, 6) is 0.319. The molecule has 1 aromatic rings. The average molecular weight is 216 g/mol. The van der Waals surface area contributed by atoms with Crippen molar-refractivity contribution in [3.05, 3.63) is 29.8 Å². The number of hydrogen-bond acceptors (Lipinski definition) is 2. The summed E-state index contributed by atoms with van der Waals surface area (Å²) in [7, 11) is 0. The zero-order valence-electron chi connectivity index (χ0n) is 8.87. The van der Waals surface area contributed by atoms with E-state index in [0.717, 1.165) is 6.54 Å². The Hall–Kier alpha value is -0.730. The zero-order valence-corrected chi connectivity index (χ0v) is 9.69. The number of aromatic hydroxyl groups is 1. The zero-order chi connectivity index (χ0) is 9.90.